The topological polar surface area (TPSA) is 126 Å². The van der Waals surface area contributed by atoms with Crippen molar-refractivity contribution in [1.82, 2.24) is 5.16 Å². The summed E-state index contributed by atoms with van der Waals surface area (Å²) in [4.78, 5) is 0. The van der Waals surface area contributed by atoms with Crippen molar-refractivity contribution in [1.29, 1.82) is 10.5 Å². The van der Waals surface area contributed by atoms with E-state index in [9.17, 15) is 0 Å². The van der Waals surface area contributed by atoms with Crippen LogP contribution in [-0.2, 0) is 0 Å². The van der Waals surface area contributed by atoms with Gasteiger partial charge in [0.25, 0.3) is 0 Å². The number of hydrogen-bond donors (Lipinski definition) is 2. The van der Waals surface area contributed by atoms with Crippen LogP contribution >= 0.6 is 0 Å². The van der Waals surface area contributed by atoms with Crippen molar-refractivity contribution >= 4 is 11.4 Å². The van der Waals surface area contributed by atoms with Gasteiger partial charge in [0.2, 0.25) is 0 Å². The van der Waals surface area contributed by atoms with Crippen molar-refractivity contribution in [3.63, 3.8) is 0 Å². The standard InChI is InChI=1S/C13H9N5O/c14-5-8(6-15)12(17)10-7-18-19-13(10)9-3-1-2-4-11(9)16/h1-4,7H,16-17H2. The van der Waals surface area contributed by atoms with E-state index in [2.05, 4.69) is 5.16 Å². The number of anilines is 1. The maximum Gasteiger partial charge on any atom is 0.178 e. The Balaban J connectivity index is 2.64. The van der Waals surface area contributed by atoms with Crippen LogP contribution in [0.2, 0.25) is 0 Å². The summed E-state index contributed by atoms with van der Waals surface area (Å²) in [5.74, 6) is 0.332. The fourth-order valence-corrected chi connectivity index (χ4v) is 1.61. The van der Waals surface area contributed by atoms with Crippen LogP contribution in [0.5, 0.6) is 0 Å². The van der Waals surface area contributed by atoms with E-state index in [0.29, 0.717) is 22.6 Å². The Morgan fingerprint density at radius 3 is 2.53 bits per heavy atom. The molecule has 0 radical (unpaired) electrons. The molecule has 6 heteroatoms. The Labute approximate surface area is 109 Å². The van der Waals surface area contributed by atoms with E-state index in [-0.39, 0.29) is 11.3 Å². The minimum Gasteiger partial charge on any atom is -0.398 e. The molecule has 4 N–H and O–H groups in total. The zero-order valence-corrected chi connectivity index (χ0v) is 9.79. The predicted octanol–water partition coefficient (Wildman–Crippen LogP) is 1.64. The molecular formula is C13H9N5O. The molecule has 0 aliphatic rings. The second kappa shape index (κ2) is 4.94. The van der Waals surface area contributed by atoms with Gasteiger partial charge in [-0.1, -0.05) is 17.3 Å². The third-order valence-electron chi connectivity index (χ3n) is 2.56. The van der Waals surface area contributed by atoms with Crippen molar-refractivity contribution in [3.8, 4) is 23.5 Å². The Morgan fingerprint density at radius 1 is 1.21 bits per heavy atom. The number of nitrogens with zero attached hydrogens (tertiary/aromatic N) is 3. The lowest BCUT2D eigenvalue weighted by Gasteiger charge is -2.04. The average Bonchev–Trinajstić information content (AvgIpc) is 2.89. The lowest BCUT2D eigenvalue weighted by Crippen LogP contribution is -2.01. The lowest BCUT2D eigenvalue weighted by atomic mass is 10.0. The third kappa shape index (κ3) is 2.11. The molecule has 0 fully saturated rings. The van der Waals surface area contributed by atoms with Gasteiger partial charge in [-0.15, -0.1) is 0 Å². The summed E-state index contributed by atoms with van der Waals surface area (Å²) in [6.45, 7) is 0. The Kier molecular flexibility index (Phi) is 3.18. The summed E-state index contributed by atoms with van der Waals surface area (Å²) < 4.78 is 5.13. The zero-order chi connectivity index (χ0) is 13.8. The van der Waals surface area contributed by atoms with Crippen LogP contribution in [-0.4, -0.2) is 5.16 Å². The first-order chi connectivity index (χ1) is 9.19. The molecule has 0 bridgehead atoms. The fraction of sp³-hybridized carbons (Fsp3) is 0. The second-order valence-electron chi connectivity index (χ2n) is 3.67. The first-order valence-electron chi connectivity index (χ1n) is 5.29. The quantitative estimate of drug-likeness (QED) is 0.617. The Morgan fingerprint density at radius 2 is 1.89 bits per heavy atom. The van der Waals surface area contributed by atoms with Gasteiger partial charge in [-0.05, 0) is 12.1 Å². The lowest BCUT2D eigenvalue weighted by molar-refractivity contribution is 0.432. The smallest absolute Gasteiger partial charge is 0.178 e. The van der Waals surface area contributed by atoms with Crippen molar-refractivity contribution in [2.75, 3.05) is 5.73 Å². The highest BCUT2D eigenvalue weighted by Gasteiger charge is 2.17. The van der Waals surface area contributed by atoms with Crippen LogP contribution in [0, 0.1) is 22.7 Å². The van der Waals surface area contributed by atoms with Crippen molar-refractivity contribution < 1.29 is 4.52 Å². The first kappa shape index (κ1) is 12.2. The van der Waals surface area contributed by atoms with E-state index in [1.54, 1.807) is 36.4 Å². The highest BCUT2D eigenvalue weighted by atomic mass is 16.5. The molecule has 0 saturated heterocycles. The SMILES string of the molecule is N#CC(C#N)=C(N)c1cnoc1-c1ccccc1N. The van der Waals surface area contributed by atoms with Crippen LogP contribution in [0.3, 0.4) is 0 Å². The zero-order valence-electron chi connectivity index (χ0n) is 9.79. The summed E-state index contributed by atoms with van der Waals surface area (Å²) in [7, 11) is 0. The molecule has 0 spiro atoms. The third-order valence-corrected chi connectivity index (χ3v) is 2.56. The number of benzene rings is 1. The van der Waals surface area contributed by atoms with Crippen LogP contribution in [0.25, 0.3) is 17.0 Å². The molecule has 0 atom stereocenters. The van der Waals surface area contributed by atoms with E-state index in [1.165, 1.54) is 6.20 Å². The minimum absolute atomic E-state index is 0.0181. The van der Waals surface area contributed by atoms with Gasteiger partial charge in [0.1, 0.15) is 12.1 Å². The highest BCUT2D eigenvalue weighted by Crippen LogP contribution is 2.31. The van der Waals surface area contributed by atoms with Gasteiger partial charge in [0.05, 0.1) is 17.5 Å². The van der Waals surface area contributed by atoms with E-state index >= 15 is 0 Å². The molecule has 0 saturated carbocycles. The Bertz CT molecular complexity index is 714. The number of rotatable bonds is 2. The van der Waals surface area contributed by atoms with Crippen molar-refractivity contribution in [2.45, 2.75) is 0 Å². The van der Waals surface area contributed by atoms with Gasteiger partial charge in [-0.3, -0.25) is 0 Å². The predicted molar refractivity (Wildman–Crippen MR) is 68.7 cm³/mol. The minimum atomic E-state index is -0.195. The molecule has 1 heterocycles. The largest absolute Gasteiger partial charge is 0.398 e. The van der Waals surface area contributed by atoms with Crippen LogP contribution < -0.4 is 11.5 Å². The Hall–Kier alpha value is -3.25. The molecule has 0 amide bonds. The first-order valence-corrected chi connectivity index (χ1v) is 5.29. The fourth-order valence-electron chi connectivity index (χ4n) is 1.61. The average molecular weight is 251 g/mol. The summed E-state index contributed by atoms with van der Waals surface area (Å²) in [6, 6.07) is 10.5. The molecule has 2 rings (SSSR count). The van der Waals surface area contributed by atoms with Gasteiger partial charge >= 0.3 is 0 Å². The number of aromatic nitrogens is 1. The van der Waals surface area contributed by atoms with Crippen molar-refractivity contribution in [3.05, 3.63) is 41.6 Å². The molecular weight excluding hydrogens is 242 g/mol. The normalized spacial score (nSPS) is 9.37. The number of allylic oxidation sites excluding steroid dienone is 1. The molecule has 0 aliphatic carbocycles. The summed E-state index contributed by atoms with van der Waals surface area (Å²) in [6.07, 6.45) is 1.35. The number of para-hydroxylation sites is 1. The summed E-state index contributed by atoms with van der Waals surface area (Å²) in [5, 5.41) is 21.3. The van der Waals surface area contributed by atoms with Crippen LogP contribution in [0.4, 0.5) is 5.69 Å². The monoisotopic (exact) mass is 251 g/mol. The molecule has 6 nitrogen and oxygen atoms in total. The van der Waals surface area contributed by atoms with E-state index in [0.717, 1.165) is 0 Å². The maximum absolute atomic E-state index is 8.83. The molecule has 2 aromatic rings. The summed E-state index contributed by atoms with van der Waals surface area (Å²) in [5.41, 5.74) is 12.9. The molecule has 1 aromatic carbocycles. The number of nitrogen functional groups attached to an aromatic ring is 1. The second-order valence-corrected chi connectivity index (χ2v) is 3.67. The van der Waals surface area contributed by atoms with Gasteiger partial charge in [0.15, 0.2) is 11.3 Å². The number of nitrogens with two attached hydrogens (primary N) is 2. The van der Waals surface area contributed by atoms with Crippen LogP contribution in [0.1, 0.15) is 5.56 Å². The van der Waals surface area contributed by atoms with Gasteiger partial charge in [-0.2, -0.15) is 10.5 Å². The number of hydrogen-bond acceptors (Lipinski definition) is 6. The molecule has 19 heavy (non-hydrogen) atoms. The van der Waals surface area contributed by atoms with Gasteiger partial charge in [0, 0.05) is 11.3 Å². The molecule has 0 aliphatic heterocycles. The summed E-state index contributed by atoms with van der Waals surface area (Å²) >= 11 is 0. The van der Waals surface area contributed by atoms with E-state index < -0.39 is 0 Å². The molecule has 1 aromatic heterocycles. The maximum atomic E-state index is 8.83. The molecule has 0 unspecified atom stereocenters. The van der Waals surface area contributed by atoms with Gasteiger partial charge in [-0.25, -0.2) is 0 Å². The highest BCUT2D eigenvalue weighted by molar-refractivity contribution is 5.84. The van der Waals surface area contributed by atoms with Crippen LogP contribution in [0.15, 0.2) is 40.6 Å². The molecule has 92 valence electrons. The van der Waals surface area contributed by atoms with Gasteiger partial charge < -0.3 is 16.0 Å². The van der Waals surface area contributed by atoms with E-state index in [4.69, 9.17) is 26.5 Å². The van der Waals surface area contributed by atoms with E-state index in [1.807, 2.05) is 0 Å². The van der Waals surface area contributed by atoms with Crippen molar-refractivity contribution in [2.24, 2.45) is 5.73 Å². The number of nitriles is 2.